The van der Waals surface area contributed by atoms with Gasteiger partial charge in [-0.3, -0.25) is 4.79 Å². The van der Waals surface area contributed by atoms with E-state index in [4.69, 9.17) is 21.7 Å². The standard InChI is InChI=1S/C25H34N2O3S/c1-17(2)30-21-12-10-20(11-13-21)26-24(31)27-23(28)25(5,6)14-7-15-29-22-16-18(3)8-9-19(22)4/h8-13,16-17H,7,14-15H2,1-6H3,(H2,26,27,28,31). The van der Waals surface area contributed by atoms with E-state index in [9.17, 15) is 4.79 Å². The summed E-state index contributed by atoms with van der Waals surface area (Å²) in [6, 6.07) is 13.6. The molecule has 31 heavy (non-hydrogen) atoms. The molecule has 2 rings (SSSR count). The van der Waals surface area contributed by atoms with Crippen molar-refractivity contribution in [3.8, 4) is 11.5 Å². The zero-order chi connectivity index (χ0) is 23.0. The Hall–Kier alpha value is -2.60. The van der Waals surface area contributed by atoms with Gasteiger partial charge in [0.2, 0.25) is 5.91 Å². The van der Waals surface area contributed by atoms with Gasteiger partial charge in [0.25, 0.3) is 0 Å². The van der Waals surface area contributed by atoms with Gasteiger partial charge in [0.05, 0.1) is 12.7 Å². The minimum Gasteiger partial charge on any atom is -0.493 e. The molecule has 0 fully saturated rings. The van der Waals surface area contributed by atoms with Gasteiger partial charge in [-0.2, -0.15) is 0 Å². The normalized spacial score (nSPS) is 11.2. The average molecular weight is 443 g/mol. The van der Waals surface area contributed by atoms with Crippen molar-refractivity contribution < 1.29 is 14.3 Å². The Kier molecular flexibility index (Phi) is 8.87. The van der Waals surface area contributed by atoms with Gasteiger partial charge in [-0.15, -0.1) is 0 Å². The van der Waals surface area contributed by atoms with Gasteiger partial charge in [0, 0.05) is 11.1 Å². The Morgan fingerprint density at radius 1 is 1.10 bits per heavy atom. The predicted molar refractivity (Wildman–Crippen MR) is 131 cm³/mol. The summed E-state index contributed by atoms with van der Waals surface area (Å²) in [6.45, 7) is 12.4. The first kappa shape index (κ1) is 24.7. The number of ether oxygens (including phenoxy) is 2. The molecule has 0 bridgehead atoms. The lowest BCUT2D eigenvalue weighted by atomic mass is 9.87. The van der Waals surface area contributed by atoms with E-state index >= 15 is 0 Å². The Bertz CT molecular complexity index is 892. The molecule has 0 aromatic heterocycles. The summed E-state index contributed by atoms with van der Waals surface area (Å²) in [7, 11) is 0. The summed E-state index contributed by atoms with van der Waals surface area (Å²) in [4.78, 5) is 12.7. The minimum absolute atomic E-state index is 0.114. The lowest BCUT2D eigenvalue weighted by Gasteiger charge is -2.24. The number of hydrogen-bond acceptors (Lipinski definition) is 4. The monoisotopic (exact) mass is 442 g/mol. The Balaban J connectivity index is 1.78. The van der Waals surface area contributed by atoms with Crippen molar-refractivity contribution in [2.75, 3.05) is 11.9 Å². The fourth-order valence-electron chi connectivity index (χ4n) is 3.00. The SMILES string of the molecule is Cc1ccc(C)c(OCCCC(C)(C)C(=O)NC(=S)Nc2ccc(OC(C)C)cc2)c1. The van der Waals surface area contributed by atoms with Crippen LogP contribution in [0.2, 0.25) is 0 Å². The van der Waals surface area contributed by atoms with Gasteiger partial charge in [0.1, 0.15) is 11.5 Å². The number of hydrogen-bond donors (Lipinski definition) is 2. The maximum absolute atomic E-state index is 12.7. The number of rotatable bonds is 9. The molecule has 2 aromatic rings. The second-order valence-corrected chi connectivity index (χ2v) is 9.11. The topological polar surface area (TPSA) is 59.6 Å². The highest BCUT2D eigenvalue weighted by Gasteiger charge is 2.27. The molecule has 0 heterocycles. The number of aryl methyl sites for hydroxylation is 2. The number of carbonyl (C=O) groups is 1. The lowest BCUT2D eigenvalue weighted by Crippen LogP contribution is -2.42. The Labute approximate surface area is 191 Å². The summed E-state index contributed by atoms with van der Waals surface area (Å²) in [5, 5.41) is 6.12. The number of carbonyl (C=O) groups excluding carboxylic acids is 1. The van der Waals surface area contributed by atoms with Crippen LogP contribution in [0.4, 0.5) is 5.69 Å². The molecule has 0 atom stereocenters. The fraction of sp³-hybridized carbons (Fsp3) is 0.440. The van der Waals surface area contributed by atoms with E-state index in [1.165, 1.54) is 5.56 Å². The highest BCUT2D eigenvalue weighted by Crippen LogP contribution is 2.24. The highest BCUT2D eigenvalue weighted by atomic mass is 32.1. The number of nitrogens with one attached hydrogen (secondary N) is 2. The molecule has 0 aliphatic rings. The molecule has 0 radical (unpaired) electrons. The van der Waals surface area contributed by atoms with Crippen LogP contribution in [0.5, 0.6) is 11.5 Å². The van der Waals surface area contributed by atoms with Crippen LogP contribution in [-0.4, -0.2) is 23.7 Å². The number of benzene rings is 2. The van der Waals surface area contributed by atoms with Crippen molar-refractivity contribution in [3.05, 3.63) is 53.6 Å². The third-order valence-corrected chi connectivity index (χ3v) is 5.08. The van der Waals surface area contributed by atoms with Gasteiger partial charge < -0.3 is 20.1 Å². The van der Waals surface area contributed by atoms with Gasteiger partial charge >= 0.3 is 0 Å². The van der Waals surface area contributed by atoms with E-state index in [0.29, 0.717) is 13.0 Å². The molecule has 2 aromatic carbocycles. The molecule has 0 spiro atoms. The first-order chi connectivity index (χ1) is 14.6. The van der Waals surface area contributed by atoms with Crippen LogP contribution in [0.15, 0.2) is 42.5 Å². The highest BCUT2D eigenvalue weighted by molar-refractivity contribution is 7.80. The first-order valence-corrected chi connectivity index (χ1v) is 11.1. The molecule has 168 valence electrons. The number of thiocarbonyl (C=S) groups is 1. The molecule has 1 amide bonds. The lowest BCUT2D eigenvalue weighted by molar-refractivity contribution is -0.128. The number of anilines is 1. The van der Waals surface area contributed by atoms with Gasteiger partial charge in [-0.25, -0.2) is 0 Å². The molecule has 0 unspecified atom stereocenters. The average Bonchev–Trinajstić information content (AvgIpc) is 2.68. The molecule has 0 aliphatic carbocycles. The van der Waals surface area contributed by atoms with Gasteiger partial charge in [-0.1, -0.05) is 26.0 Å². The third-order valence-electron chi connectivity index (χ3n) is 4.87. The molecular formula is C25H34N2O3S. The molecule has 0 saturated carbocycles. The Morgan fingerprint density at radius 2 is 1.77 bits per heavy atom. The summed E-state index contributed by atoms with van der Waals surface area (Å²) in [5.74, 6) is 1.58. The zero-order valence-corrected chi connectivity index (χ0v) is 20.2. The fourth-order valence-corrected chi connectivity index (χ4v) is 3.21. The second-order valence-electron chi connectivity index (χ2n) is 8.70. The van der Waals surface area contributed by atoms with Crippen molar-refractivity contribution in [2.24, 2.45) is 5.41 Å². The van der Waals surface area contributed by atoms with Crippen molar-refractivity contribution in [2.45, 2.75) is 60.5 Å². The van der Waals surface area contributed by atoms with Crippen LogP contribution < -0.4 is 20.1 Å². The van der Waals surface area contributed by atoms with Crippen LogP contribution >= 0.6 is 12.2 Å². The quantitative estimate of drug-likeness (QED) is 0.380. The van der Waals surface area contributed by atoms with Crippen LogP contribution in [0.25, 0.3) is 0 Å². The van der Waals surface area contributed by atoms with Crippen LogP contribution in [-0.2, 0) is 4.79 Å². The molecule has 2 N–H and O–H groups in total. The van der Waals surface area contributed by atoms with E-state index in [1.807, 2.05) is 71.9 Å². The minimum atomic E-state index is -0.564. The summed E-state index contributed by atoms with van der Waals surface area (Å²) >= 11 is 5.31. The van der Waals surface area contributed by atoms with E-state index in [-0.39, 0.29) is 17.1 Å². The predicted octanol–water partition coefficient (Wildman–Crippen LogP) is 5.79. The summed E-state index contributed by atoms with van der Waals surface area (Å²) in [6.07, 6.45) is 1.58. The van der Waals surface area contributed by atoms with Crippen LogP contribution in [0.1, 0.15) is 51.7 Å². The summed E-state index contributed by atoms with van der Waals surface area (Å²) in [5.41, 5.74) is 2.51. The maximum Gasteiger partial charge on any atom is 0.231 e. The third kappa shape index (κ3) is 8.21. The molecule has 5 nitrogen and oxygen atoms in total. The van der Waals surface area contributed by atoms with Crippen LogP contribution in [0, 0.1) is 19.3 Å². The van der Waals surface area contributed by atoms with Gasteiger partial charge in [-0.05, 0) is 94.2 Å². The van der Waals surface area contributed by atoms with E-state index < -0.39 is 5.41 Å². The first-order valence-electron chi connectivity index (χ1n) is 10.7. The molecule has 0 saturated heterocycles. The van der Waals surface area contributed by atoms with E-state index in [2.05, 4.69) is 22.8 Å². The smallest absolute Gasteiger partial charge is 0.231 e. The maximum atomic E-state index is 12.7. The van der Waals surface area contributed by atoms with Crippen molar-refractivity contribution >= 4 is 28.9 Å². The van der Waals surface area contributed by atoms with Crippen LogP contribution in [0.3, 0.4) is 0 Å². The van der Waals surface area contributed by atoms with E-state index in [1.54, 1.807) is 0 Å². The summed E-state index contributed by atoms with van der Waals surface area (Å²) < 4.78 is 11.5. The molecular weight excluding hydrogens is 408 g/mol. The number of amides is 1. The van der Waals surface area contributed by atoms with Gasteiger partial charge in [0.15, 0.2) is 5.11 Å². The van der Waals surface area contributed by atoms with Crippen molar-refractivity contribution in [1.29, 1.82) is 0 Å². The Morgan fingerprint density at radius 3 is 2.42 bits per heavy atom. The van der Waals surface area contributed by atoms with Crippen molar-refractivity contribution in [1.82, 2.24) is 5.32 Å². The van der Waals surface area contributed by atoms with Crippen molar-refractivity contribution in [3.63, 3.8) is 0 Å². The second kappa shape index (κ2) is 11.1. The molecule has 6 heteroatoms. The zero-order valence-electron chi connectivity index (χ0n) is 19.4. The molecule has 0 aliphatic heterocycles. The van der Waals surface area contributed by atoms with E-state index in [0.717, 1.165) is 29.2 Å². The largest absolute Gasteiger partial charge is 0.493 e.